The number of pyridine rings is 1. The Labute approximate surface area is 526 Å². The highest BCUT2D eigenvalue weighted by atomic mass is 32.2. The number of piperazine rings is 1. The first-order chi connectivity index (χ1) is 42.8. The van der Waals surface area contributed by atoms with E-state index in [9.17, 15) is 24.0 Å². The van der Waals surface area contributed by atoms with Gasteiger partial charge in [-0.25, -0.2) is 9.78 Å². The van der Waals surface area contributed by atoms with Crippen LogP contribution >= 0.6 is 11.9 Å². The number of likely N-dealkylation sites (N-methyl/N-ethyl adjacent to an activating group) is 1. The van der Waals surface area contributed by atoms with E-state index in [2.05, 4.69) is 25.2 Å². The van der Waals surface area contributed by atoms with E-state index in [0.29, 0.717) is 114 Å². The molecular weight excluding hydrogens is 1150 g/mol. The van der Waals surface area contributed by atoms with Crippen molar-refractivity contribution >= 4 is 69.6 Å². The lowest BCUT2D eigenvalue weighted by Crippen LogP contribution is -2.48. The number of rotatable bonds is 33. The van der Waals surface area contributed by atoms with Gasteiger partial charge in [0, 0.05) is 149 Å². The minimum atomic E-state index is -0.161. The molecule has 1 aliphatic carbocycles. The van der Waals surface area contributed by atoms with E-state index in [1.54, 1.807) is 37.4 Å². The molecule has 0 atom stereocenters. The van der Waals surface area contributed by atoms with Gasteiger partial charge >= 0.3 is 5.69 Å². The van der Waals surface area contributed by atoms with Crippen LogP contribution < -0.4 is 49.6 Å². The van der Waals surface area contributed by atoms with Gasteiger partial charge in [0.15, 0.2) is 28.8 Å². The van der Waals surface area contributed by atoms with Crippen molar-refractivity contribution in [2.45, 2.75) is 96.9 Å². The molecule has 1 aliphatic heterocycles. The van der Waals surface area contributed by atoms with Crippen LogP contribution in [0.25, 0.3) is 22.2 Å². The Hall–Kier alpha value is -8.40. The number of anilines is 3. The van der Waals surface area contributed by atoms with Crippen molar-refractivity contribution in [3.05, 3.63) is 123 Å². The topological polar surface area (TPSA) is 224 Å². The maximum absolute atomic E-state index is 13.9. The summed E-state index contributed by atoms with van der Waals surface area (Å²) >= 11 is 1.36. The van der Waals surface area contributed by atoms with Crippen molar-refractivity contribution in [2.75, 3.05) is 102 Å². The van der Waals surface area contributed by atoms with Crippen LogP contribution in [-0.4, -0.2) is 146 Å². The minimum Gasteiger partial charge on any atom is -0.493 e. The number of aryl methyl sites for hydroxylation is 2. The van der Waals surface area contributed by atoms with Gasteiger partial charge < -0.3 is 49.3 Å². The number of hydrogen-bond acceptors (Lipinski definition) is 18. The molecule has 2 aliphatic rings. The van der Waals surface area contributed by atoms with Gasteiger partial charge in [-0.3, -0.25) is 38.1 Å². The summed E-state index contributed by atoms with van der Waals surface area (Å²) in [6.45, 7) is 16.1. The lowest BCUT2D eigenvalue weighted by atomic mass is 9.88. The molecule has 21 heteroatoms. The number of ether oxygens (including phenoxy) is 5. The summed E-state index contributed by atoms with van der Waals surface area (Å²) < 4.78 is 36.5. The summed E-state index contributed by atoms with van der Waals surface area (Å²) in [5.74, 6) is 4.02. The summed E-state index contributed by atoms with van der Waals surface area (Å²) in [4.78, 5) is 77.8. The van der Waals surface area contributed by atoms with E-state index in [-0.39, 0.29) is 60.8 Å². The zero-order valence-electron chi connectivity index (χ0n) is 53.1. The normalized spacial score (nSPS) is 13.6. The predicted molar refractivity (Wildman–Crippen MR) is 354 cm³/mol. The molecule has 6 aromatic rings. The molecule has 89 heavy (non-hydrogen) atoms. The maximum atomic E-state index is 13.9. The van der Waals surface area contributed by atoms with Crippen LogP contribution in [0.3, 0.4) is 0 Å². The molecule has 0 radical (unpaired) electrons. The Morgan fingerprint density at radius 2 is 1.52 bits per heavy atom. The van der Waals surface area contributed by atoms with E-state index in [0.717, 1.165) is 83.9 Å². The van der Waals surface area contributed by atoms with Gasteiger partial charge in [0.2, 0.25) is 5.91 Å². The largest absolute Gasteiger partial charge is 0.493 e. The van der Waals surface area contributed by atoms with Crippen LogP contribution in [0, 0.1) is 5.41 Å². The summed E-state index contributed by atoms with van der Waals surface area (Å²) in [6, 6.07) is 22.7. The van der Waals surface area contributed by atoms with Gasteiger partial charge in [-0.2, -0.15) is 0 Å². The molecule has 1 saturated heterocycles. The van der Waals surface area contributed by atoms with E-state index >= 15 is 0 Å². The van der Waals surface area contributed by atoms with Crippen LogP contribution in [0.4, 0.5) is 17.2 Å². The Balaban J connectivity index is 0.749. The number of nitrogens with one attached hydrogen (secondary N) is 4. The number of carbonyl (C=O) groups is 4. The van der Waals surface area contributed by atoms with Crippen molar-refractivity contribution in [1.29, 1.82) is 5.41 Å². The molecule has 0 unspecified atom stereocenters. The van der Waals surface area contributed by atoms with Gasteiger partial charge in [-0.1, -0.05) is 18.6 Å². The average Bonchev–Trinajstić information content (AvgIpc) is 1.77. The molecule has 8 rings (SSSR count). The number of benzene rings is 4. The summed E-state index contributed by atoms with van der Waals surface area (Å²) in [5, 5.41) is 14.7. The number of hydrogen-bond donors (Lipinski definition) is 4. The fraction of sp³-hybridized carbons (Fsp3) is 0.426. The molecule has 20 nitrogen and oxygen atoms in total. The van der Waals surface area contributed by atoms with Gasteiger partial charge in [0.1, 0.15) is 28.8 Å². The summed E-state index contributed by atoms with van der Waals surface area (Å²) in [6.07, 6.45) is 8.60. The molecule has 3 heterocycles. The number of amides is 1. The Kier molecular flexibility index (Phi) is 23.7. The minimum absolute atomic E-state index is 0.00863. The maximum Gasteiger partial charge on any atom is 0.328 e. The molecule has 474 valence electrons. The quantitative estimate of drug-likeness (QED) is 0.0130. The van der Waals surface area contributed by atoms with E-state index < -0.39 is 0 Å². The molecule has 4 N–H and O–H groups in total. The number of Topliss-reactive ketones (excluding diaryl/α,β-unsaturated/α-hetero) is 3. The van der Waals surface area contributed by atoms with Crippen molar-refractivity contribution < 1.29 is 42.9 Å². The number of fused-ring (bicyclic) bond motifs is 1. The van der Waals surface area contributed by atoms with E-state index in [1.165, 1.54) is 18.2 Å². The first-order valence-corrected chi connectivity index (χ1v) is 31.4. The Morgan fingerprint density at radius 1 is 0.798 bits per heavy atom. The molecule has 0 bridgehead atoms. The second kappa shape index (κ2) is 31.7. The third-order valence-electron chi connectivity index (χ3n) is 15.8. The van der Waals surface area contributed by atoms with Gasteiger partial charge in [0.25, 0.3) is 0 Å². The number of allylic oxidation sites excluding steroid dienone is 4. The molecule has 0 saturated carbocycles. The second-order valence-electron chi connectivity index (χ2n) is 23.1. The fourth-order valence-corrected chi connectivity index (χ4v) is 11.7. The number of aromatic nitrogens is 3. The summed E-state index contributed by atoms with van der Waals surface area (Å²) in [7, 11) is 8.56. The first kappa shape index (κ1) is 66.6. The average molecular weight is 1240 g/mol. The predicted octanol–water partition coefficient (Wildman–Crippen LogP) is 11.1. The van der Waals surface area contributed by atoms with Crippen LogP contribution in [0.2, 0.25) is 0 Å². The number of nitrogens with zero attached hydrogens (tertiary/aromatic N) is 6. The van der Waals surface area contributed by atoms with Crippen LogP contribution in [0.5, 0.6) is 34.5 Å². The van der Waals surface area contributed by atoms with Gasteiger partial charge in [-0.15, -0.1) is 0 Å². The number of unbranched alkanes of at least 4 members (excludes halogenated alkanes) is 1. The van der Waals surface area contributed by atoms with Crippen molar-refractivity contribution in [3.63, 3.8) is 0 Å². The zero-order valence-corrected chi connectivity index (χ0v) is 54.0. The number of ketones is 3. The lowest BCUT2D eigenvalue weighted by molar-refractivity contribution is -0.125. The number of methoxy groups -OCH3 is 2. The van der Waals surface area contributed by atoms with Crippen LogP contribution in [0.15, 0.2) is 111 Å². The number of carbonyl (C=O) groups excluding carboxylic acids is 4. The Bertz CT molecular complexity index is 3640. The highest BCUT2D eigenvalue weighted by Crippen LogP contribution is 2.40. The standard InChI is InChI=1S/C68H86N10O10S/c1-11-29-86-50-35-51(37-52(36-50)88-64-40-60-59(75(7)68(83)76(60)8)39-58(64)73-89-53-16-19-63(84-9)65(38-53)85-10)87-30-13-12-23-74(6)43-49(79)15-21-67(82)70-22-24-77-25-27-78(28-26-77)66-20-14-47(42-71-66)48-33-55(56(41-69)57(34-48)72-44(2)3)61(80)18-17-54-46(5)31-45(4)32-62(54)81/h14,16,19-20,31,33-42,44,69,72-73H,11-13,15,17-18,21-30,32,43H2,1-10H3,(H,70,82). The van der Waals surface area contributed by atoms with Gasteiger partial charge in [0.05, 0.1) is 50.7 Å². The van der Waals surface area contributed by atoms with Gasteiger partial charge in [-0.05, 0) is 144 Å². The first-order valence-electron chi connectivity index (χ1n) is 30.6. The molecule has 4 aromatic carbocycles. The molecule has 0 spiro atoms. The van der Waals surface area contributed by atoms with E-state index in [4.69, 9.17) is 34.1 Å². The SMILES string of the molecule is CCCOc1cc(OCCCCN(C)CC(=O)CCC(=O)NCCN2CCN(c3ccc(-c4cc(NC(C)C)c(C=N)c(C(=O)CCC5=C(C)C=C(C)CC5=O)c4)cn3)CC2)cc(Oc2cc3c(cc2NSc2ccc(OC)c(OC)c2)n(C)c(=O)n3C)c1. The van der Waals surface area contributed by atoms with E-state index in [1.807, 2.05) is 132 Å². The Morgan fingerprint density at radius 3 is 2.19 bits per heavy atom. The van der Waals surface area contributed by atoms with Crippen molar-refractivity contribution in [1.82, 2.24) is 29.2 Å². The third-order valence-corrected chi connectivity index (χ3v) is 16.6. The summed E-state index contributed by atoms with van der Waals surface area (Å²) in [5.41, 5.74) is 7.86. The smallest absolute Gasteiger partial charge is 0.328 e. The molecule has 1 fully saturated rings. The van der Waals surface area contributed by atoms with Crippen molar-refractivity contribution in [3.8, 4) is 45.6 Å². The molecular formula is C68H86N10O10S. The highest BCUT2D eigenvalue weighted by Gasteiger charge is 2.24. The van der Waals surface area contributed by atoms with Crippen LogP contribution in [-0.2, 0) is 28.5 Å². The molecule has 2 aromatic heterocycles. The monoisotopic (exact) mass is 1230 g/mol. The fourth-order valence-electron chi connectivity index (χ4n) is 11.0. The van der Waals surface area contributed by atoms with Crippen LogP contribution in [0.1, 0.15) is 102 Å². The highest BCUT2D eigenvalue weighted by molar-refractivity contribution is 8.00. The molecule has 1 amide bonds. The van der Waals surface area contributed by atoms with Crippen molar-refractivity contribution in [2.24, 2.45) is 14.1 Å². The number of imidazole rings is 1. The lowest BCUT2D eigenvalue weighted by Gasteiger charge is -2.35. The third kappa shape index (κ3) is 17.9. The zero-order chi connectivity index (χ0) is 63.7. The second-order valence-corrected chi connectivity index (χ2v) is 23.9.